The Balaban J connectivity index is 1.95. The van der Waals surface area contributed by atoms with E-state index in [0.717, 1.165) is 5.56 Å². The van der Waals surface area contributed by atoms with Crippen LogP contribution < -0.4 is 5.32 Å². The summed E-state index contributed by atoms with van der Waals surface area (Å²) in [6.45, 7) is 2.37. The topological polar surface area (TPSA) is 62.3 Å². The van der Waals surface area contributed by atoms with Crippen molar-refractivity contribution in [2.24, 2.45) is 0 Å². The molecule has 0 aromatic carbocycles. The van der Waals surface area contributed by atoms with Crippen LogP contribution in [-0.2, 0) is 16.1 Å². The molecule has 1 saturated heterocycles. The largest absolute Gasteiger partial charge is 0.349 e. The molecule has 1 atom stereocenters. The number of alkyl halides is 1. The van der Waals surface area contributed by atoms with E-state index in [1.165, 1.54) is 4.90 Å². The molecule has 2 heterocycles. The Hall–Kier alpha value is -1.98. The molecule has 114 valence electrons. The summed E-state index contributed by atoms with van der Waals surface area (Å²) >= 11 is 0. The second-order valence-corrected chi connectivity index (χ2v) is 5.28. The second-order valence-electron chi connectivity index (χ2n) is 5.28. The first-order valence-electron chi connectivity index (χ1n) is 7.19. The van der Waals surface area contributed by atoms with Crippen LogP contribution in [0.4, 0.5) is 4.39 Å². The van der Waals surface area contributed by atoms with Crippen molar-refractivity contribution in [2.75, 3.05) is 13.1 Å². The van der Waals surface area contributed by atoms with Gasteiger partial charge in [0.05, 0.1) is 6.54 Å². The van der Waals surface area contributed by atoms with Gasteiger partial charge in [0.25, 0.3) is 5.91 Å². The third-order valence-corrected chi connectivity index (χ3v) is 3.71. The highest BCUT2D eigenvalue weighted by Crippen LogP contribution is 2.26. The van der Waals surface area contributed by atoms with Gasteiger partial charge in [-0.25, -0.2) is 4.39 Å². The van der Waals surface area contributed by atoms with E-state index >= 15 is 0 Å². The number of amides is 2. The van der Waals surface area contributed by atoms with Crippen molar-refractivity contribution >= 4 is 11.8 Å². The Morgan fingerprint density at radius 2 is 2.14 bits per heavy atom. The number of piperidine rings is 1. The average Bonchev–Trinajstić information content (AvgIpc) is 2.52. The molecule has 1 N–H and O–H groups in total. The standard InChI is InChI=1S/C15H20FN3O2/c1-2-13(20)19-9-3-6-15(16,11-19)14(21)18-10-12-4-7-17-8-5-12/h4-5,7-8H,2-3,6,9-11H2,1H3,(H,18,21). The molecule has 6 heteroatoms. The smallest absolute Gasteiger partial charge is 0.259 e. The molecule has 1 aliphatic rings. The Kier molecular flexibility index (Phi) is 4.88. The van der Waals surface area contributed by atoms with E-state index in [9.17, 15) is 14.0 Å². The number of halogens is 1. The highest BCUT2D eigenvalue weighted by atomic mass is 19.1. The SMILES string of the molecule is CCC(=O)N1CCCC(F)(C(=O)NCc2ccncc2)C1. The number of likely N-dealkylation sites (tertiary alicyclic amines) is 1. The molecule has 5 nitrogen and oxygen atoms in total. The van der Waals surface area contributed by atoms with Crippen molar-refractivity contribution in [2.45, 2.75) is 38.4 Å². The van der Waals surface area contributed by atoms with Crippen LogP contribution in [0.2, 0.25) is 0 Å². The van der Waals surface area contributed by atoms with Gasteiger partial charge < -0.3 is 10.2 Å². The van der Waals surface area contributed by atoms with Crippen LogP contribution in [0.3, 0.4) is 0 Å². The predicted molar refractivity (Wildman–Crippen MR) is 76.0 cm³/mol. The van der Waals surface area contributed by atoms with Crippen LogP contribution >= 0.6 is 0 Å². The molecule has 1 aromatic heterocycles. The van der Waals surface area contributed by atoms with Gasteiger partial charge in [-0.3, -0.25) is 14.6 Å². The number of pyridine rings is 1. The predicted octanol–water partition coefficient (Wildman–Crippen LogP) is 1.44. The lowest BCUT2D eigenvalue weighted by Gasteiger charge is -2.36. The zero-order valence-electron chi connectivity index (χ0n) is 12.1. The lowest BCUT2D eigenvalue weighted by atomic mass is 9.93. The molecule has 1 aromatic rings. The normalized spacial score (nSPS) is 21.9. The van der Waals surface area contributed by atoms with Crippen molar-refractivity contribution in [3.05, 3.63) is 30.1 Å². The van der Waals surface area contributed by atoms with Gasteiger partial charge in [0.1, 0.15) is 0 Å². The Labute approximate surface area is 123 Å². The molecule has 21 heavy (non-hydrogen) atoms. The summed E-state index contributed by atoms with van der Waals surface area (Å²) in [4.78, 5) is 29.1. The van der Waals surface area contributed by atoms with Gasteiger partial charge in [0, 0.05) is 31.9 Å². The van der Waals surface area contributed by atoms with E-state index in [0.29, 0.717) is 19.4 Å². The Morgan fingerprint density at radius 3 is 2.81 bits per heavy atom. The van der Waals surface area contributed by atoms with Crippen LogP contribution in [0.1, 0.15) is 31.7 Å². The minimum absolute atomic E-state index is 0.112. The molecule has 0 aliphatic carbocycles. The molecular weight excluding hydrogens is 273 g/mol. The monoisotopic (exact) mass is 293 g/mol. The van der Waals surface area contributed by atoms with Crippen molar-refractivity contribution in [1.29, 1.82) is 0 Å². The Morgan fingerprint density at radius 1 is 1.43 bits per heavy atom. The second kappa shape index (κ2) is 6.65. The fraction of sp³-hybridized carbons (Fsp3) is 0.533. The van der Waals surface area contributed by atoms with E-state index in [1.807, 2.05) is 0 Å². The van der Waals surface area contributed by atoms with Gasteiger partial charge in [-0.05, 0) is 30.5 Å². The van der Waals surface area contributed by atoms with Crippen molar-refractivity contribution in [1.82, 2.24) is 15.2 Å². The fourth-order valence-corrected chi connectivity index (χ4v) is 2.47. The fourth-order valence-electron chi connectivity index (χ4n) is 2.47. The molecule has 0 radical (unpaired) electrons. The molecule has 1 fully saturated rings. The summed E-state index contributed by atoms with van der Waals surface area (Å²) in [5.74, 6) is -0.758. The van der Waals surface area contributed by atoms with Crippen LogP contribution in [-0.4, -0.2) is 40.5 Å². The third-order valence-electron chi connectivity index (χ3n) is 3.71. The number of nitrogens with one attached hydrogen (secondary N) is 1. The van der Waals surface area contributed by atoms with Gasteiger partial charge in [-0.2, -0.15) is 0 Å². The van der Waals surface area contributed by atoms with Gasteiger partial charge in [-0.15, -0.1) is 0 Å². The third kappa shape index (κ3) is 3.77. The maximum absolute atomic E-state index is 14.8. The summed E-state index contributed by atoms with van der Waals surface area (Å²) in [5.41, 5.74) is -1.13. The highest BCUT2D eigenvalue weighted by Gasteiger charge is 2.43. The minimum Gasteiger partial charge on any atom is -0.349 e. The first-order chi connectivity index (χ1) is 10.0. The number of rotatable bonds is 4. The number of carbonyl (C=O) groups is 2. The molecule has 1 unspecified atom stereocenters. The van der Waals surface area contributed by atoms with Gasteiger partial charge >= 0.3 is 0 Å². The van der Waals surface area contributed by atoms with Gasteiger partial charge in [0.15, 0.2) is 0 Å². The average molecular weight is 293 g/mol. The van der Waals surface area contributed by atoms with E-state index in [2.05, 4.69) is 10.3 Å². The number of hydrogen-bond donors (Lipinski definition) is 1. The summed E-state index contributed by atoms with van der Waals surface area (Å²) in [5, 5.41) is 2.61. The highest BCUT2D eigenvalue weighted by molar-refractivity contribution is 5.86. The number of carbonyl (C=O) groups excluding carboxylic acids is 2. The zero-order chi connectivity index (χ0) is 15.3. The van der Waals surface area contributed by atoms with Crippen LogP contribution in [0.5, 0.6) is 0 Å². The first-order valence-corrected chi connectivity index (χ1v) is 7.19. The summed E-state index contributed by atoms with van der Waals surface area (Å²) in [6.07, 6.45) is 4.23. The van der Waals surface area contributed by atoms with Gasteiger partial charge in [0.2, 0.25) is 11.6 Å². The maximum atomic E-state index is 14.8. The molecule has 0 saturated carbocycles. The molecule has 0 spiro atoms. The minimum atomic E-state index is -1.99. The van der Waals surface area contributed by atoms with E-state index in [-0.39, 0.29) is 25.4 Å². The quantitative estimate of drug-likeness (QED) is 0.913. The lowest BCUT2D eigenvalue weighted by Crippen LogP contribution is -2.55. The molecular formula is C15H20FN3O2. The Bertz CT molecular complexity index is 509. The van der Waals surface area contributed by atoms with E-state index < -0.39 is 11.6 Å². The van der Waals surface area contributed by atoms with Gasteiger partial charge in [-0.1, -0.05) is 6.92 Å². The lowest BCUT2D eigenvalue weighted by molar-refractivity contribution is -0.143. The van der Waals surface area contributed by atoms with Crippen LogP contribution in [0.25, 0.3) is 0 Å². The number of aromatic nitrogens is 1. The van der Waals surface area contributed by atoms with Crippen molar-refractivity contribution in [3.8, 4) is 0 Å². The summed E-state index contributed by atoms with van der Waals surface area (Å²) in [6, 6.07) is 3.53. The number of nitrogens with zero attached hydrogens (tertiary/aromatic N) is 2. The first kappa shape index (κ1) is 15.4. The van der Waals surface area contributed by atoms with E-state index in [1.54, 1.807) is 31.5 Å². The van der Waals surface area contributed by atoms with Crippen molar-refractivity contribution < 1.29 is 14.0 Å². The zero-order valence-corrected chi connectivity index (χ0v) is 12.1. The molecule has 2 amide bonds. The van der Waals surface area contributed by atoms with Crippen LogP contribution in [0, 0.1) is 0 Å². The summed E-state index contributed by atoms with van der Waals surface area (Å²) in [7, 11) is 0. The molecule has 2 rings (SSSR count). The maximum Gasteiger partial charge on any atom is 0.259 e. The van der Waals surface area contributed by atoms with E-state index in [4.69, 9.17) is 0 Å². The summed E-state index contributed by atoms with van der Waals surface area (Å²) < 4.78 is 14.8. The number of hydrogen-bond acceptors (Lipinski definition) is 3. The van der Waals surface area contributed by atoms with Crippen LogP contribution in [0.15, 0.2) is 24.5 Å². The molecule has 0 bridgehead atoms. The molecule has 1 aliphatic heterocycles. The van der Waals surface area contributed by atoms with Crippen molar-refractivity contribution in [3.63, 3.8) is 0 Å².